The molecular weight excluding hydrogens is 454 g/mol. The van der Waals surface area contributed by atoms with Gasteiger partial charge in [-0.2, -0.15) is 0 Å². The normalized spacial score (nSPS) is 10.3. The highest BCUT2D eigenvalue weighted by Crippen LogP contribution is 2.24. The maximum Gasteiger partial charge on any atom is 0.325 e. The number of amides is 3. The molecule has 0 aliphatic rings. The summed E-state index contributed by atoms with van der Waals surface area (Å²) in [7, 11) is 1.52. The van der Waals surface area contributed by atoms with Crippen molar-refractivity contribution in [3.05, 3.63) is 46.4 Å². The molecule has 0 saturated heterocycles. The Labute approximate surface area is 192 Å². The first-order valence-corrected chi connectivity index (χ1v) is 11.3. The van der Waals surface area contributed by atoms with Gasteiger partial charge in [0, 0.05) is 10.8 Å². The summed E-state index contributed by atoms with van der Waals surface area (Å²) in [5.74, 6) is -0.142. The Morgan fingerprint density at radius 2 is 1.59 bits per heavy atom. The average molecular weight is 476 g/mol. The number of nitrogens with one attached hydrogen (secondary N) is 3. The van der Waals surface area contributed by atoms with Gasteiger partial charge in [0.2, 0.25) is 5.91 Å². The number of carbonyl (C=O) groups is 3. The third-order valence-corrected chi connectivity index (χ3v) is 5.51. The zero-order valence-electron chi connectivity index (χ0n) is 17.3. The SMILES string of the molecule is CCOC(=O)Cc1csc(NC(=O)Cc2csc(NC(=O)Nc3ccccc3OC)n2)n1. The summed E-state index contributed by atoms with van der Waals surface area (Å²) in [6.45, 7) is 2.04. The third kappa shape index (κ3) is 6.75. The number of thiazole rings is 2. The van der Waals surface area contributed by atoms with Crippen molar-refractivity contribution in [3.8, 4) is 5.75 Å². The van der Waals surface area contributed by atoms with Gasteiger partial charge in [-0.1, -0.05) is 12.1 Å². The highest BCUT2D eigenvalue weighted by Gasteiger charge is 2.14. The molecule has 10 nitrogen and oxygen atoms in total. The summed E-state index contributed by atoms with van der Waals surface area (Å²) in [6.07, 6.45) is 0.0668. The van der Waals surface area contributed by atoms with Gasteiger partial charge in [-0.05, 0) is 19.1 Å². The summed E-state index contributed by atoms with van der Waals surface area (Å²) in [5.41, 5.74) is 1.56. The number of rotatable bonds is 9. The van der Waals surface area contributed by atoms with E-state index in [9.17, 15) is 14.4 Å². The lowest BCUT2D eigenvalue weighted by Gasteiger charge is -2.09. The zero-order chi connectivity index (χ0) is 22.9. The number of urea groups is 1. The molecule has 0 radical (unpaired) electrons. The van der Waals surface area contributed by atoms with E-state index in [1.807, 2.05) is 0 Å². The Balaban J connectivity index is 1.49. The largest absolute Gasteiger partial charge is 0.495 e. The molecule has 3 aromatic rings. The summed E-state index contributed by atoms with van der Waals surface area (Å²) >= 11 is 2.43. The van der Waals surface area contributed by atoms with Crippen molar-refractivity contribution in [1.29, 1.82) is 0 Å². The van der Waals surface area contributed by atoms with Crippen LogP contribution in [0.2, 0.25) is 0 Å². The minimum absolute atomic E-state index is 0.0130. The van der Waals surface area contributed by atoms with Gasteiger partial charge in [-0.15, -0.1) is 22.7 Å². The molecule has 168 valence electrons. The van der Waals surface area contributed by atoms with Gasteiger partial charge in [-0.3, -0.25) is 14.9 Å². The topological polar surface area (TPSA) is 132 Å². The molecule has 0 spiro atoms. The van der Waals surface area contributed by atoms with Crippen molar-refractivity contribution in [1.82, 2.24) is 9.97 Å². The van der Waals surface area contributed by atoms with Gasteiger partial charge >= 0.3 is 12.0 Å². The van der Waals surface area contributed by atoms with Crippen LogP contribution < -0.4 is 20.7 Å². The van der Waals surface area contributed by atoms with Crippen molar-refractivity contribution >= 4 is 56.5 Å². The van der Waals surface area contributed by atoms with Crippen molar-refractivity contribution in [2.45, 2.75) is 19.8 Å². The molecule has 3 N–H and O–H groups in total. The molecule has 2 heterocycles. The molecule has 1 aromatic carbocycles. The first-order valence-electron chi connectivity index (χ1n) is 9.52. The molecule has 0 unspecified atom stereocenters. The van der Waals surface area contributed by atoms with E-state index in [0.29, 0.717) is 39.7 Å². The van der Waals surface area contributed by atoms with Gasteiger partial charge in [-0.25, -0.2) is 14.8 Å². The molecule has 32 heavy (non-hydrogen) atoms. The van der Waals surface area contributed by atoms with Gasteiger partial charge in [0.1, 0.15) is 5.75 Å². The number of anilines is 3. The average Bonchev–Trinajstić information content (AvgIpc) is 3.37. The highest BCUT2D eigenvalue weighted by atomic mass is 32.1. The van der Waals surface area contributed by atoms with Crippen LogP contribution in [0.15, 0.2) is 35.0 Å². The molecule has 12 heteroatoms. The molecular formula is C20H21N5O5S2. The summed E-state index contributed by atoms with van der Waals surface area (Å²) in [5, 5.41) is 12.1. The fourth-order valence-corrected chi connectivity index (χ4v) is 4.01. The molecule has 0 atom stereocenters. The number of benzene rings is 1. The van der Waals surface area contributed by atoms with Crippen LogP contribution in [0.25, 0.3) is 0 Å². The minimum atomic E-state index is -0.475. The lowest BCUT2D eigenvalue weighted by Crippen LogP contribution is -2.20. The van der Waals surface area contributed by atoms with Crippen LogP contribution in [0, 0.1) is 0 Å². The lowest BCUT2D eigenvalue weighted by atomic mass is 10.3. The maximum atomic E-state index is 12.3. The smallest absolute Gasteiger partial charge is 0.325 e. The van der Waals surface area contributed by atoms with Crippen molar-refractivity contribution in [3.63, 3.8) is 0 Å². The van der Waals surface area contributed by atoms with E-state index in [2.05, 4.69) is 25.9 Å². The van der Waals surface area contributed by atoms with E-state index >= 15 is 0 Å². The van der Waals surface area contributed by atoms with Crippen LogP contribution in [-0.2, 0) is 27.2 Å². The summed E-state index contributed by atoms with van der Waals surface area (Å²) < 4.78 is 10.1. The Morgan fingerprint density at radius 3 is 2.28 bits per heavy atom. The predicted molar refractivity (Wildman–Crippen MR) is 123 cm³/mol. The predicted octanol–water partition coefficient (Wildman–Crippen LogP) is 3.54. The summed E-state index contributed by atoms with van der Waals surface area (Å²) in [6, 6.07) is 6.55. The quantitative estimate of drug-likeness (QED) is 0.403. The van der Waals surface area contributed by atoms with Crippen LogP contribution in [0.1, 0.15) is 18.3 Å². The van der Waals surface area contributed by atoms with Crippen LogP contribution in [0.4, 0.5) is 20.7 Å². The van der Waals surface area contributed by atoms with Gasteiger partial charge in [0.25, 0.3) is 0 Å². The second kappa shape index (κ2) is 11.2. The first-order chi connectivity index (χ1) is 15.5. The summed E-state index contributed by atoms with van der Waals surface area (Å²) in [4.78, 5) is 44.5. The van der Waals surface area contributed by atoms with E-state index in [1.54, 1.807) is 41.9 Å². The van der Waals surface area contributed by atoms with Gasteiger partial charge in [0.05, 0.1) is 43.6 Å². The molecule has 3 amide bonds. The second-order valence-electron chi connectivity index (χ2n) is 6.27. The number of esters is 1. The van der Waals surface area contributed by atoms with Crippen LogP contribution in [0.3, 0.4) is 0 Å². The van der Waals surface area contributed by atoms with E-state index in [-0.39, 0.29) is 24.7 Å². The van der Waals surface area contributed by atoms with Crippen LogP contribution in [0.5, 0.6) is 5.75 Å². The fourth-order valence-electron chi connectivity index (χ4n) is 2.58. The Bertz CT molecular complexity index is 1100. The number of carbonyl (C=O) groups excluding carboxylic acids is 3. The van der Waals surface area contributed by atoms with Gasteiger partial charge < -0.3 is 20.1 Å². The minimum Gasteiger partial charge on any atom is -0.495 e. The third-order valence-electron chi connectivity index (χ3n) is 3.90. The number of para-hydroxylation sites is 2. The highest BCUT2D eigenvalue weighted by molar-refractivity contribution is 7.14. The standard InChI is InChI=1S/C20H21N5O5S2/c1-3-30-17(27)9-13-11-31-19(22-13)24-16(26)8-12-10-32-20(21-12)25-18(28)23-14-6-4-5-7-15(14)29-2/h4-7,10-11H,3,8-9H2,1-2H3,(H,22,24,26)(H2,21,23,25,28). The van der Waals surface area contributed by atoms with E-state index in [1.165, 1.54) is 29.8 Å². The van der Waals surface area contributed by atoms with E-state index in [0.717, 1.165) is 0 Å². The number of nitrogens with zero attached hydrogens (tertiary/aromatic N) is 2. The zero-order valence-corrected chi connectivity index (χ0v) is 19.0. The molecule has 0 aliphatic carbocycles. The molecule has 0 saturated carbocycles. The fraction of sp³-hybridized carbons (Fsp3) is 0.250. The molecule has 0 bridgehead atoms. The molecule has 0 fully saturated rings. The number of methoxy groups -OCH3 is 1. The van der Waals surface area contributed by atoms with Crippen molar-refractivity contribution in [2.24, 2.45) is 0 Å². The Kier molecular flexibility index (Phi) is 8.11. The molecule has 2 aromatic heterocycles. The van der Waals surface area contributed by atoms with Crippen molar-refractivity contribution < 1.29 is 23.9 Å². The van der Waals surface area contributed by atoms with Crippen LogP contribution in [-0.4, -0.2) is 41.6 Å². The lowest BCUT2D eigenvalue weighted by molar-refractivity contribution is -0.142. The van der Waals surface area contributed by atoms with E-state index in [4.69, 9.17) is 9.47 Å². The number of hydrogen-bond acceptors (Lipinski definition) is 9. The second-order valence-corrected chi connectivity index (χ2v) is 7.99. The number of ether oxygens (including phenoxy) is 2. The van der Waals surface area contributed by atoms with E-state index < -0.39 is 6.03 Å². The molecule has 3 rings (SSSR count). The first kappa shape index (κ1) is 23.2. The Morgan fingerprint density at radius 1 is 0.938 bits per heavy atom. The maximum absolute atomic E-state index is 12.3. The Hall–Kier alpha value is -3.51. The number of hydrogen-bond donors (Lipinski definition) is 3. The molecule has 0 aliphatic heterocycles. The monoisotopic (exact) mass is 475 g/mol. The number of aromatic nitrogens is 2. The van der Waals surface area contributed by atoms with Crippen LogP contribution >= 0.6 is 22.7 Å². The van der Waals surface area contributed by atoms with Gasteiger partial charge in [0.15, 0.2) is 10.3 Å². The van der Waals surface area contributed by atoms with Crippen molar-refractivity contribution in [2.75, 3.05) is 29.7 Å².